The molecule has 0 N–H and O–H groups in total. The standard InChI is InChI=1S/C24H21NO3/c1-27-23-9-5-3-7-18(23)17-11-12-22-20(15-17)21(16-25(22)13-14-26)19-8-4-6-10-24(19)28-2/h3-12,14-16H,13H2,1-2H3. The second kappa shape index (κ2) is 7.61. The van der Waals surface area contributed by atoms with Crippen LogP contribution in [0, 0.1) is 0 Å². The van der Waals surface area contributed by atoms with Crippen molar-refractivity contribution in [2.45, 2.75) is 6.54 Å². The Hall–Kier alpha value is -3.53. The summed E-state index contributed by atoms with van der Waals surface area (Å²) >= 11 is 0. The van der Waals surface area contributed by atoms with Crippen LogP contribution in [-0.2, 0) is 11.3 Å². The van der Waals surface area contributed by atoms with Gasteiger partial charge in [0.2, 0.25) is 0 Å². The van der Waals surface area contributed by atoms with Gasteiger partial charge in [0.15, 0.2) is 0 Å². The van der Waals surface area contributed by atoms with Gasteiger partial charge in [-0.05, 0) is 29.8 Å². The Bertz CT molecular complexity index is 1140. The summed E-state index contributed by atoms with van der Waals surface area (Å²) in [6.07, 6.45) is 2.93. The first-order chi connectivity index (χ1) is 13.8. The first kappa shape index (κ1) is 17.9. The van der Waals surface area contributed by atoms with Crippen molar-refractivity contribution in [1.82, 2.24) is 4.57 Å². The first-order valence-corrected chi connectivity index (χ1v) is 9.10. The molecule has 28 heavy (non-hydrogen) atoms. The number of carbonyl (C=O) groups excluding carboxylic acids is 1. The van der Waals surface area contributed by atoms with Gasteiger partial charge < -0.3 is 18.8 Å². The predicted octanol–water partition coefficient (Wildman–Crippen LogP) is 5.19. The minimum Gasteiger partial charge on any atom is -0.496 e. The van der Waals surface area contributed by atoms with Gasteiger partial charge in [-0.15, -0.1) is 0 Å². The Kier molecular flexibility index (Phi) is 4.85. The summed E-state index contributed by atoms with van der Waals surface area (Å²) in [5, 5.41) is 1.06. The average molecular weight is 371 g/mol. The quantitative estimate of drug-likeness (QED) is 0.438. The van der Waals surface area contributed by atoms with Crippen molar-refractivity contribution >= 4 is 17.2 Å². The molecule has 0 radical (unpaired) electrons. The van der Waals surface area contributed by atoms with E-state index in [1.807, 2.05) is 59.3 Å². The van der Waals surface area contributed by atoms with E-state index in [9.17, 15) is 4.79 Å². The fourth-order valence-electron chi connectivity index (χ4n) is 3.66. The highest BCUT2D eigenvalue weighted by molar-refractivity contribution is 6.00. The molecule has 0 fully saturated rings. The monoisotopic (exact) mass is 371 g/mol. The molecule has 0 aliphatic carbocycles. The Morgan fingerprint density at radius 3 is 2.14 bits per heavy atom. The largest absolute Gasteiger partial charge is 0.496 e. The molecule has 0 bridgehead atoms. The molecule has 1 heterocycles. The van der Waals surface area contributed by atoms with Gasteiger partial charge in [-0.1, -0.05) is 42.5 Å². The topological polar surface area (TPSA) is 40.5 Å². The van der Waals surface area contributed by atoms with Crippen molar-refractivity contribution in [3.8, 4) is 33.8 Å². The smallest absolute Gasteiger partial charge is 0.139 e. The lowest BCUT2D eigenvalue weighted by Crippen LogP contribution is -1.96. The Morgan fingerprint density at radius 2 is 1.46 bits per heavy atom. The van der Waals surface area contributed by atoms with Crippen molar-refractivity contribution < 1.29 is 14.3 Å². The molecule has 1 aromatic heterocycles. The number of carbonyl (C=O) groups is 1. The summed E-state index contributed by atoms with van der Waals surface area (Å²) in [5.41, 5.74) is 5.13. The first-order valence-electron chi connectivity index (χ1n) is 9.10. The SMILES string of the molecule is COc1ccccc1-c1ccc2c(c1)c(-c1ccccc1OC)cn2CC=O. The van der Waals surface area contributed by atoms with Crippen molar-refractivity contribution in [2.75, 3.05) is 14.2 Å². The lowest BCUT2D eigenvalue weighted by molar-refractivity contribution is -0.108. The molecule has 4 aromatic rings. The van der Waals surface area contributed by atoms with Gasteiger partial charge in [0.1, 0.15) is 17.8 Å². The zero-order chi connectivity index (χ0) is 19.5. The number of hydrogen-bond acceptors (Lipinski definition) is 3. The van der Waals surface area contributed by atoms with Crippen LogP contribution in [0.3, 0.4) is 0 Å². The van der Waals surface area contributed by atoms with Gasteiger partial charge in [0.05, 0.1) is 20.8 Å². The number of fused-ring (bicyclic) bond motifs is 1. The van der Waals surface area contributed by atoms with Crippen LogP contribution in [0.4, 0.5) is 0 Å². The van der Waals surface area contributed by atoms with E-state index in [-0.39, 0.29) is 0 Å². The third-order valence-corrected chi connectivity index (χ3v) is 4.97. The highest BCUT2D eigenvalue weighted by atomic mass is 16.5. The van der Waals surface area contributed by atoms with Crippen molar-refractivity contribution in [3.05, 3.63) is 72.9 Å². The maximum absolute atomic E-state index is 11.2. The summed E-state index contributed by atoms with van der Waals surface area (Å²) in [4.78, 5) is 11.2. The molecule has 4 heteroatoms. The summed E-state index contributed by atoms with van der Waals surface area (Å²) < 4.78 is 13.1. The molecular weight excluding hydrogens is 350 g/mol. The zero-order valence-electron chi connectivity index (χ0n) is 15.9. The molecule has 0 aliphatic rings. The number of hydrogen-bond donors (Lipinski definition) is 0. The number of methoxy groups -OCH3 is 2. The van der Waals surface area contributed by atoms with Crippen LogP contribution < -0.4 is 9.47 Å². The van der Waals surface area contributed by atoms with Crippen LogP contribution in [0.25, 0.3) is 33.2 Å². The number of ether oxygens (including phenoxy) is 2. The maximum atomic E-state index is 11.2. The van der Waals surface area contributed by atoms with Crippen molar-refractivity contribution in [3.63, 3.8) is 0 Å². The molecular formula is C24H21NO3. The molecule has 140 valence electrons. The number of benzene rings is 3. The fourth-order valence-corrected chi connectivity index (χ4v) is 3.66. The van der Waals surface area contributed by atoms with E-state index in [1.165, 1.54) is 0 Å². The van der Waals surface area contributed by atoms with E-state index >= 15 is 0 Å². The van der Waals surface area contributed by atoms with Gasteiger partial charge in [0.25, 0.3) is 0 Å². The molecule has 0 spiro atoms. The molecule has 4 nitrogen and oxygen atoms in total. The Labute approximate surface area is 163 Å². The van der Waals surface area contributed by atoms with E-state index in [4.69, 9.17) is 9.47 Å². The van der Waals surface area contributed by atoms with E-state index in [0.717, 1.165) is 50.9 Å². The van der Waals surface area contributed by atoms with E-state index in [1.54, 1.807) is 14.2 Å². The minimum atomic E-state index is 0.305. The zero-order valence-corrected chi connectivity index (χ0v) is 15.9. The highest BCUT2D eigenvalue weighted by Crippen LogP contribution is 2.39. The van der Waals surface area contributed by atoms with E-state index < -0.39 is 0 Å². The normalized spacial score (nSPS) is 10.8. The van der Waals surface area contributed by atoms with E-state index in [0.29, 0.717) is 6.54 Å². The summed E-state index contributed by atoms with van der Waals surface area (Å²) in [6.45, 7) is 0.305. The lowest BCUT2D eigenvalue weighted by Gasteiger charge is -2.10. The number of aldehydes is 1. The van der Waals surface area contributed by atoms with Gasteiger partial charge >= 0.3 is 0 Å². The third kappa shape index (κ3) is 3.03. The molecule has 0 atom stereocenters. The van der Waals surface area contributed by atoms with Crippen LogP contribution in [-0.4, -0.2) is 25.1 Å². The van der Waals surface area contributed by atoms with Crippen LogP contribution in [0.1, 0.15) is 0 Å². The van der Waals surface area contributed by atoms with Gasteiger partial charge in [0, 0.05) is 33.8 Å². The molecule has 0 unspecified atom stereocenters. The van der Waals surface area contributed by atoms with Crippen LogP contribution in [0.15, 0.2) is 72.9 Å². The molecule has 0 saturated heterocycles. The highest BCUT2D eigenvalue weighted by Gasteiger charge is 2.15. The minimum absolute atomic E-state index is 0.305. The van der Waals surface area contributed by atoms with Gasteiger partial charge in [-0.3, -0.25) is 0 Å². The molecule has 0 saturated carbocycles. The maximum Gasteiger partial charge on any atom is 0.139 e. The lowest BCUT2D eigenvalue weighted by atomic mass is 9.99. The van der Waals surface area contributed by atoms with Crippen LogP contribution in [0.5, 0.6) is 11.5 Å². The Morgan fingerprint density at radius 1 is 0.821 bits per heavy atom. The summed E-state index contributed by atoms with van der Waals surface area (Å²) in [6, 6.07) is 22.2. The molecule has 0 aliphatic heterocycles. The fraction of sp³-hybridized carbons (Fsp3) is 0.125. The summed E-state index contributed by atoms with van der Waals surface area (Å²) in [7, 11) is 3.35. The van der Waals surface area contributed by atoms with Gasteiger partial charge in [-0.2, -0.15) is 0 Å². The average Bonchev–Trinajstić information content (AvgIpc) is 3.11. The molecule has 4 rings (SSSR count). The Balaban J connectivity index is 1.98. The number of para-hydroxylation sites is 2. The second-order valence-electron chi connectivity index (χ2n) is 6.49. The number of rotatable bonds is 6. The summed E-state index contributed by atoms with van der Waals surface area (Å²) in [5.74, 6) is 1.63. The van der Waals surface area contributed by atoms with Gasteiger partial charge in [-0.25, -0.2) is 0 Å². The molecule has 3 aromatic carbocycles. The van der Waals surface area contributed by atoms with Crippen molar-refractivity contribution in [1.29, 1.82) is 0 Å². The van der Waals surface area contributed by atoms with E-state index in [2.05, 4.69) is 18.2 Å². The van der Waals surface area contributed by atoms with Crippen LogP contribution >= 0.6 is 0 Å². The van der Waals surface area contributed by atoms with Crippen molar-refractivity contribution in [2.24, 2.45) is 0 Å². The predicted molar refractivity (Wildman–Crippen MR) is 112 cm³/mol. The third-order valence-electron chi connectivity index (χ3n) is 4.97. The second-order valence-corrected chi connectivity index (χ2v) is 6.49. The number of aromatic nitrogens is 1. The molecule has 0 amide bonds. The number of nitrogens with zero attached hydrogens (tertiary/aromatic N) is 1. The van der Waals surface area contributed by atoms with Crippen LogP contribution in [0.2, 0.25) is 0 Å².